The molecule has 2 bridgehead atoms. The van der Waals surface area contributed by atoms with Gasteiger partial charge in [0.15, 0.2) is 0 Å². The van der Waals surface area contributed by atoms with Crippen LogP contribution in [0.5, 0.6) is 0 Å². The molecule has 0 amide bonds. The first kappa shape index (κ1) is 12.3. The minimum Gasteiger partial charge on any atom is -0.383 e. The van der Waals surface area contributed by atoms with Gasteiger partial charge >= 0.3 is 0 Å². The molecule has 0 radical (unpaired) electrons. The van der Waals surface area contributed by atoms with Gasteiger partial charge in [-0.05, 0) is 40.0 Å². The Kier molecular flexibility index (Phi) is 3.57. The number of hydrogen-bond acceptors (Lipinski definition) is 3. The predicted octanol–water partition coefficient (Wildman–Crippen LogP) is 1.63. The lowest BCUT2D eigenvalue weighted by Crippen LogP contribution is -2.48. The van der Waals surface area contributed by atoms with Crippen molar-refractivity contribution in [2.45, 2.75) is 63.7 Å². The van der Waals surface area contributed by atoms with E-state index in [1.807, 2.05) is 0 Å². The number of ether oxygens (including phenoxy) is 1. The molecule has 16 heavy (non-hydrogen) atoms. The highest BCUT2D eigenvalue weighted by Crippen LogP contribution is 2.42. The number of nitrogens with zero attached hydrogens (tertiary/aromatic N) is 1. The second-order valence-electron chi connectivity index (χ2n) is 6.17. The summed E-state index contributed by atoms with van der Waals surface area (Å²) in [4.78, 5) is 2.73. The van der Waals surface area contributed by atoms with E-state index in [-0.39, 0.29) is 0 Å². The van der Waals surface area contributed by atoms with Crippen molar-refractivity contribution in [3.63, 3.8) is 0 Å². The molecule has 2 heterocycles. The van der Waals surface area contributed by atoms with Gasteiger partial charge in [0.05, 0.1) is 6.61 Å². The fourth-order valence-corrected chi connectivity index (χ4v) is 3.60. The number of nitrogens with one attached hydrogen (secondary N) is 1. The van der Waals surface area contributed by atoms with Crippen molar-refractivity contribution in [2.75, 3.05) is 20.3 Å². The molecule has 0 aromatic carbocycles. The maximum atomic E-state index is 5.10. The van der Waals surface area contributed by atoms with Gasteiger partial charge in [-0.3, -0.25) is 4.90 Å². The van der Waals surface area contributed by atoms with Gasteiger partial charge < -0.3 is 10.1 Å². The maximum Gasteiger partial charge on any atom is 0.0587 e. The van der Waals surface area contributed by atoms with Crippen LogP contribution in [0.2, 0.25) is 0 Å². The van der Waals surface area contributed by atoms with Crippen molar-refractivity contribution in [3.05, 3.63) is 0 Å². The van der Waals surface area contributed by atoms with Crippen LogP contribution < -0.4 is 5.32 Å². The van der Waals surface area contributed by atoms with Crippen LogP contribution >= 0.6 is 0 Å². The average molecular weight is 226 g/mol. The van der Waals surface area contributed by atoms with Gasteiger partial charge in [-0.2, -0.15) is 0 Å². The molecule has 0 spiro atoms. The molecule has 94 valence electrons. The van der Waals surface area contributed by atoms with Crippen molar-refractivity contribution in [1.82, 2.24) is 10.2 Å². The Morgan fingerprint density at radius 2 is 2.06 bits per heavy atom. The van der Waals surface area contributed by atoms with Crippen molar-refractivity contribution < 1.29 is 4.74 Å². The minimum atomic E-state index is 0.323. The van der Waals surface area contributed by atoms with Crippen molar-refractivity contribution in [3.8, 4) is 0 Å². The van der Waals surface area contributed by atoms with Crippen LogP contribution in [-0.4, -0.2) is 48.8 Å². The van der Waals surface area contributed by atoms with E-state index in [0.29, 0.717) is 11.6 Å². The molecule has 2 fully saturated rings. The second kappa shape index (κ2) is 4.63. The number of hydrogen-bond donors (Lipinski definition) is 1. The minimum absolute atomic E-state index is 0.323. The molecule has 0 aromatic heterocycles. The largest absolute Gasteiger partial charge is 0.383 e. The Balaban J connectivity index is 1.92. The molecule has 0 aromatic rings. The van der Waals surface area contributed by atoms with Gasteiger partial charge in [-0.15, -0.1) is 0 Å². The third kappa shape index (κ3) is 2.27. The summed E-state index contributed by atoms with van der Waals surface area (Å²) in [6.45, 7) is 8.84. The smallest absolute Gasteiger partial charge is 0.0587 e. The van der Waals surface area contributed by atoms with E-state index in [0.717, 1.165) is 25.2 Å². The lowest BCUT2D eigenvalue weighted by Gasteiger charge is -2.37. The van der Waals surface area contributed by atoms with Gasteiger partial charge in [-0.1, -0.05) is 0 Å². The number of fused-ring (bicyclic) bond motifs is 2. The summed E-state index contributed by atoms with van der Waals surface area (Å²) in [6.07, 6.45) is 4.09. The van der Waals surface area contributed by atoms with Gasteiger partial charge in [0.1, 0.15) is 0 Å². The Morgan fingerprint density at radius 3 is 2.62 bits per heavy atom. The Bertz CT molecular complexity index is 237. The summed E-state index contributed by atoms with van der Waals surface area (Å²) in [6, 6.07) is 2.25. The van der Waals surface area contributed by atoms with Gasteiger partial charge in [-0.25, -0.2) is 0 Å². The summed E-state index contributed by atoms with van der Waals surface area (Å²) in [5.74, 6) is 0. The standard InChI is InChI=1S/C13H26N2O/c1-13(2,3)15-10-5-6-12(15)11(9-10)14-7-8-16-4/h10-12,14H,5-9H2,1-4H3/t10-,11?,12+/m1/s1. The molecule has 3 atom stereocenters. The van der Waals surface area contributed by atoms with E-state index in [1.54, 1.807) is 7.11 Å². The van der Waals surface area contributed by atoms with Crippen molar-refractivity contribution in [2.24, 2.45) is 0 Å². The summed E-state index contributed by atoms with van der Waals surface area (Å²) in [5.41, 5.74) is 0.323. The van der Waals surface area contributed by atoms with Gasteiger partial charge in [0.25, 0.3) is 0 Å². The van der Waals surface area contributed by atoms with Crippen molar-refractivity contribution in [1.29, 1.82) is 0 Å². The molecule has 0 saturated carbocycles. The normalized spacial score (nSPS) is 34.9. The molecular formula is C13H26N2O. The highest BCUT2D eigenvalue weighted by atomic mass is 16.5. The first-order chi connectivity index (χ1) is 7.54. The van der Waals surface area contributed by atoms with E-state index >= 15 is 0 Å². The third-order valence-corrected chi connectivity index (χ3v) is 4.02. The van der Waals surface area contributed by atoms with E-state index in [1.165, 1.54) is 19.3 Å². The lowest BCUT2D eigenvalue weighted by molar-refractivity contribution is 0.111. The number of methoxy groups -OCH3 is 1. The zero-order valence-corrected chi connectivity index (χ0v) is 11.1. The molecule has 1 N–H and O–H groups in total. The van der Waals surface area contributed by atoms with Crippen LogP contribution in [0.3, 0.4) is 0 Å². The van der Waals surface area contributed by atoms with Crippen molar-refractivity contribution >= 4 is 0 Å². The Hall–Kier alpha value is -0.120. The van der Waals surface area contributed by atoms with Crippen LogP contribution in [0.4, 0.5) is 0 Å². The van der Waals surface area contributed by atoms with E-state index < -0.39 is 0 Å². The molecule has 3 nitrogen and oxygen atoms in total. The third-order valence-electron chi connectivity index (χ3n) is 4.02. The quantitative estimate of drug-likeness (QED) is 0.737. The Labute approximate surface area is 99.5 Å². The zero-order chi connectivity index (χ0) is 11.8. The van der Waals surface area contributed by atoms with E-state index in [2.05, 4.69) is 31.0 Å². The fourth-order valence-electron chi connectivity index (χ4n) is 3.60. The van der Waals surface area contributed by atoms with Crippen LogP contribution in [-0.2, 0) is 4.74 Å². The maximum absolute atomic E-state index is 5.10. The first-order valence-corrected chi connectivity index (χ1v) is 6.55. The molecule has 2 rings (SSSR count). The summed E-state index contributed by atoms with van der Waals surface area (Å²) >= 11 is 0. The topological polar surface area (TPSA) is 24.5 Å². The molecule has 1 unspecified atom stereocenters. The van der Waals surface area contributed by atoms with Crippen LogP contribution in [0.25, 0.3) is 0 Å². The monoisotopic (exact) mass is 226 g/mol. The van der Waals surface area contributed by atoms with Crippen LogP contribution in [0.1, 0.15) is 40.0 Å². The average Bonchev–Trinajstić information content (AvgIpc) is 2.74. The summed E-state index contributed by atoms with van der Waals surface area (Å²) < 4.78 is 5.10. The summed E-state index contributed by atoms with van der Waals surface area (Å²) in [7, 11) is 1.77. The molecule has 2 saturated heterocycles. The van der Waals surface area contributed by atoms with Crippen LogP contribution in [0.15, 0.2) is 0 Å². The highest BCUT2D eigenvalue weighted by Gasteiger charge is 2.49. The SMILES string of the molecule is COCCNC1C[C@H]2CC[C@@H]1N2C(C)(C)C. The predicted molar refractivity (Wildman–Crippen MR) is 66.7 cm³/mol. The Morgan fingerprint density at radius 1 is 1.31 bits per heavy atom. The van der Waals surface area contributed by atoms with E-state index in [9.17, 15) is 0 Å². The molecule has 2 aliphatic rings. The van der Waals surface area contributed by atoms with E-state index in [4.69, 9.17) is 4.74 Å². The number of rotatable bonds is 4. The van der Waals surface area contributed by atoms with Gasteiger partial charge in [0.2, 0.25) is 0 Å². The summed E-state index contributed by atoms with van der Waals surface area (Å²) in [5, 5.41) is 3.65. The lowest BCUT2D eigenvalue weighted by atomic mass is 9.95. The second-order valence-corrected chi connectivity index (χ2v) is 6.17. The molecular weight excluding hydrogens is 200 g/mol. The molecule has 0 aliphatic carbocycles. The highest BCUT2D eigenvalue weighted by molar-refractivity contribution is 5.07. The fraction of sp³-hybridized carbons (Fsp3) is 1.00. The van der Waals surface area contributed by atoms with Gasteiger partial charge in [0, 0.05) is 37.3 Å². The zero-order valence-electron chi connectivity index (χ0n) is 11.1. The molecule has 2 aliphatic heterocycles. The molecule has 3 heteroatoms. The first-order valence-electron chi connectivity index (χ1n) is 6.55. The van der Waals surface area contributed by atoms with Crippen LogP contribution in [0, 0.1) is 0 Å².